The number of carbonyl (C=O) groups excluding carboxylic acids is 1. The summed E-state index contributed by atoms with van der Waals surface area (Å²) in [7, 11) is -3.91. The van der Waals surface area contributed by atoms with Crippen LogP contribution in [0.5, 0.6) is 5.75 Å². The van der Waals surface area contributed by atoms with Gasteiger partial charge in [0.25, 0.3) is 10.0 Å². The molecule has 0 spiro atoms. The number of nitrogens with one attached hydrogen (secondary N) is 1. The van der Waals surface area contributed by atoms with E-state index in [1.165, 1.54) is 22.2 Å². The van der Waals surface area contributed by atoms with E-state index in [2.05, 4.69) is 10.3 Å². The van der Waals surface area contributed by atoms with Crippen LogP contribution in [0.3, 0.4) is 0 Å². The second-order valence-electron chi connectivity index (χ2n) is 7.57. The van der Waals surface area contributed by atoms with E-state index in [4.69, 9.17) is 4.74 Å². The van der Waals surface area contributed by atoms with E-state index in [9.17, 15) is 13.2 Å². The van der Waals surface area contributed by atoms with Gasteiger partial charge in [-0.1, -0.05) is 17.7 Å². The topological polar surface area (TPSA) is 90.3 Å². The molecule has 0 aliphatic heterocycles. The van der Waals surface area contributed by atoms with Crippen molar-refractivity contribution in [2.24, 2.45) is 0 Å². The lowest BCUT2D eigenvalue weighted by Crippen LogP contribution is -2.23. The van der Waals surface area contributed by atoms with Crippen LogP contribution in [0.2, 0.25) is 0 Å². The first-order chi connectivity index (χ1) is 15.3. The van der Waals surface area contributed by atoms with E-state index in [0.717, 1.165) is 22.2 Å². The van der Waals surface area contributed by atoms with E-state index in [1.54, 1.807) is 41.9 Å². The Morgan fingerprint density at radius 1 is 1.16 bits per heavy atom. The molecule has 0 aliphatic carbocycles. The number of thiazole rings is 1. The van der Waals surface area contributed by atoms with Crippen LogP contribution in [-0.4, -0.2) is 23.3 Å². The Labute approximate surface area is 190 Å². The number of hydrogen-bond donors (Lipinski definition) is 1. The van der Waals surface area contributed by atoms with Crippen molar-refractivity contribution in [2.75, 3.05) is 0 Å². The normalized spacial score (nSPS) is 11.6. The molecule has 4 aromatic rings. The van der Waals surface area contributed by atoms with Gasteiger partial charge in [0.1, 0.15) is 12.4 Å². The number of carbonyl (C=O) groups is 1. The molecule has 9 heteroatoms. The predicted molar refractivity (Wildman–Crippen MR) is 124 cm³/mol. The highest BCUT2D eigenvalue weighted by molar-refractivity contribution is 7.90. The zero-order valence-corrected chi connectivity index (χ0v) is 19.6. The fourth-order valence-electron chi connectivity index (χ4n) is 3.44. The molecule has 0 unspecified atom stereocenters. The minimum Gasteiger partial charge on any atom is -0.487 e. The highest BCUT2D eigenvalue weighted by atomic mass is 32.2. The number of aryl methyl sites for hydroxylation is 2. The minimum atomic E-state index is -3.91. The Balaban J connectivity index is 1.84. The smallest absolute Gasteiger partial charge is 0.268 e. The molecular weight excluding hydrogens is 446 g/mol. The lowest BCUT2D eigenvalue weighted by Gasteiger charge is -2.14. The maximum Gasteiger partial charge on any atom is 0.268 e. The summed E-state index contributed by atoms with van der Waals surface area (Å²) in [6.45, 7) is 5.59. The summed E-state index contributed by atoms with van der Waals surface area (Å²) in [5.74, 6) is 0.341. The predicted octanol–water partition coefficient (Wildman–Crippen LogP) is 4.17. The van der Waals surface area contributed by atoms with Crippen molar-refractivity contribution in [3.8, 4) is 5.75 Å². The number of nitrogens with zero attached hydrogens (tertiary/aromatic N) is 2. The van der Waals surface area contributed by atoms with E-state index < -0.39 is 10.0 Å². The molecule has 2 aromatic heterocycles. The van der Waals surface area contributed by atoms with Crippen molar-refractivity contribution >= 4 is 38.2 Å². The van der Waals surface area contributed by atoms with Crippen LogP contribution in [0.25, 0.3) is 10.9 Å². The SMILES string of the molecule is CC(=O)NCc1cc2cc(C)c(OCc3cscn3)cc2n1S(=O)(=O)c1ccc(C)cc1. The minimum absolute atomic E-state index is 0.0865. The van der Waals surface area contributed by atoms with E-state index in [0.29, 0.717) is 23.6 Å². The van der Waals surface area contributed by atoms with Gasteiger partial charge in [0.05, 0.1) is 33.9 Å². The standard InChI is InChI=1S/C23H23N3O4S2/c1-15-4-6-21(7-5-15)32(28,29)26-20(11-24-17(3)27)9-18-8-16(2)23(10-22(18)26)30-12-19-13-31-14-25-19/h4-10,13-14H,11-12H2,1-3H3,(H,24,27). The second kappa shape index (κ2) is 8.76. The van der Waals surface area contributed by atoms with Gasteiger partial charge < -0.3 is 10.1 Å². The molecular formula is C23H23N3O4S2. The van der Waals surface area contributed by atoms with Crippen LogP contribution in [0.1, 0.15) is 29.4 Å². The van der Waals surface area contributed by atoms with Crippen molar-refractivity contribution in [1.29, 1.82) is 0 Å². The van der Waals surface area contributed by atoms with Crippen molar-refractivity contribution in [3.63, 3.8) is 0 Å². The maximum absolute atomic E-state index is 13.6. The monoisotopic (exact) mass is 469 g/mol. The molecule has 0 aliphatic rings. The van der Waals surface area contributed by atoms with Crippen molar-refractivity contribution < 1.29 is 17.9 Å². The first-order valence-corrected chi connectivity index (χ1v) is 12.4. The Kier molecular flexibility index (Phi) is 6.03. The molecule has 4 rings (SSSR count). The lowest BCUT2D eigenvalue weighted by atomic mass is 10.1. The summed E-state index contributed by atoms with van der Waals surface area (Å²) in [5, 5.41) is 5.36. The molecule has 166 valence electrons. The van der Waals surface area contributed by atoms with Gasteiger partial charge in [-0.25, -0.2) is 17.4 Å². The third-order valence-electron chi connectivity index (χ3n) is 5.06. The average Bonchev–Trinajstić information content (AvgIpc) is 3.38. The number of aromatic nitrogens is 2. The van der Waals surface area contributed by atoms with E-state index >= 15 is 0 Å². The lowest BCUT2D eigenvalue weighted by molar-refractivity contribution is -0.119. The fourth-order valence-corrected chi connectivity index (χ4v) is 5.51. The molecule has 2 heterocycles. The zero-order valence-electron chi connectivity index (χ0n) is 18.0. The van der Waals surface area contributed by atoms with Crippen LogP contribution in [0.4, 0.5) is 0 Å². The van der Waals surface area contributed by atoms with Gasteiger partial charge in [-0.3, -0.25) is 4.79 Å². The summed E-state index contributed by atoms with van der Waals surface area (Å²) in [6, 6.07) is 12.1. The highest BCUT2D eigenvalue weighted by Crippen LogP contribution is 2.32. The van der Waals surface area contributed by atoms with Gasteiger partial charge in [-0.2, -0.15) is 0 Å². The first-order valence-electron chi connectivity index (χ1n) is 9.97. The Bertz CT molecular complexity index is 1370. The van der Waals surface area contributed by atoms with Gasteiger partial charge in [0.15, 0.2) is 0 Å². The van der Waals surface area contributed by atoms with Crippen LogP contribution in [0, 0.1) is 13.8 Å². The largest absolute Gasteiger partial charge is 0.487 e. The van der Waals surface area contributed by atoms with Crippen molar-refractivity contribution in [3.05, 3.63) is 75.9 Å². The summed E-state index contributed by atoms with van der Waals surface area (Å²) in [4.78, 5) is 15.9. The Hall–Kier alpha value is -3.17. The summed E-state index contributed by atoms with van der Waals surface area (Å²) < 4.78 is 34.5. The molecule has 32 heavy (non-hydrogen) atoms. The van der Waals surface area contributed by atoms with E-state index in [1.807, 2.05) is 25.3 Å². The molecule has 0 saturated carbocycles. The van der Waals surface area contributed by atoms with Crippen LogP contribution < -0.4 is 10.1 Å². The number of ether oxygens (including phenoxy) is 1. The molecule has 7 nitrogen and oxygen atoms in total. The number of benzene rings is 2. The highest BCUT2D eigenvalue weighted by Gasteiger charge is 2.24. The summed E-state index contributed by atoms with van der Waals surface area (Å²) >= 11 is 1.49. The summed E-state index contributed by atoms with van der Waals surface area (Å²) in [5.41, 5.74) is 5.35. The molecule has 0 radical (unpaired) electrons. The van der Waals surface area contributed by atoms with Gasteiger partial charge >= 0.3 is 0 Å². The first kappa shape index (κ1) is 22.0. The fraction of sp³-hybridized carbons (Fsp3) is 0.217. The van der Waals surface area contributed by atoms with Gasteiger partial charge in [-0.15, -0.1) is 11.3 Å². The van der Waals surface area contributed by atoms with E-state index in [-0.39, 0.29) is 17.3 Å². The molecule has 0 bridgehead atoms. The van der Waals surface area contributed by atoms with Crippen LogP contribution in [-0.2, 0) is 28.0 Å². The molecule has 1 N–H and O–H groups in total. The van der Waals surface area contributed by atoms with Crippen LogP contribution >= 0.6 is 11.3 Å². The van der Waals surface area contributed by atoms with Crippen LogP contribution in [0.15, 0.2) is 58.3 Å². The number of hydrogen-bond acceptors (Lipinski definition) is 6. The number of fused-ring (bicyclic) bond motifs is 1. The molecule has 0 fully saturated rings. The molecule has 2 aromatic carbocycles. The number of amides is 1. The third-order valence-corrected chi connectivity index (χ3v) is 7.48. The van der Waals surface area contributed by atoms with Gasteiger partial charge in [-0.05, 0) is 43.7 Å². The quantitative estimate of drug-likeness (QED) is 0.439. The summed E-state index contributed by atoms with van der Waals surface area (Å²) in [6.07, 6.45) is 0. The van der Waals surface area contributed by atoms with Gasteiger partial charge in [0.2, 0.25) is 5.91 Å². The Morgan fingerprint density at radius 2 is 1.91 bits per heavy atom. The zero-order chi connectivity index (χ0) is 22.9. The Morgan fingerprint density at radius 3 is 2.56 bits per heavy atom. The number of rotatable bonds is 7. The molecule has 0 atom stereocenters. The van der Waals surface area contributed by atoms with Crippen molar-refractivity contribution in [1.82, 2.24) is 14.3 Å². The van der Waals surface area contributed by atoms with Gasteiger partial charge in [0, 0.05) is 23.8 Å². The maximum atomic E-state index is 13.6. The molecule has 1 amide bonds. The average molecular weight is 470 g/mol. The second-order valence-corrected chi connectivity index (χ2v) is 10.1. The third kappa shape index (κ3) is 4.39. The van der Waals surface area contributed by atoms with Crippen molar-refractivity contribution in [2.45, 2.75) is 38.8 Å². The molecule has 0 saturated heterocycles.